The molecular formula is C24H33NO4S. The Balaban J connectivity index is 1.88. The van der Waals surface area contributed by atoms with Crippen LogP contribution >= 0.6 is 12.0 Å². The van der Waals surface area contributed by atoms with Gasteiger partial charge in [0.05, 0.1) is 11.7 Å². The summed E-state index contributed by atoms with van der Waals surface area (Å²) in [6.45, 7) is 10.2. The number of esters is 1. The lowest BCUT2D eigenvalue weighted by Gasteiger charge is -2.26. The summed E-state index contributed by atoms with van der Waals surface area (Å²) in [7, 11) is 0. The van der Waals surface area contributed by atoms with E-state index in [4.69, 9.17) is 9.47 Å². The molecule has 0 bridgehead atoms. The van der Waals surface area contributed by atoms with Gasteiger partial charge in [-0.2, -0.15) is 0 Å². The normalized spacial score (nSPS) is 12.6. The van der Waals surface area contributed by atoms with Crippen LogP contribution in [0.5, 0.6) is 5.75 Å². The van der Waals surface area contributed by atoms with Gasteiger partial charge in [-0.1, -0.05) is 49.4 Å². The lowest BCUT2D eigenvalue weighted by Crippen LogP contribution is -2.32. The van der Waals surface area contributed by atoms with E-state index in [1.54, 1.807) is 0 Å². The van der Waals surface area contributed by atoms with Crippen molar-refractivity contribution in [2.45, 2.75) is 51.6 Å². The average molecular weight is 432 g/mol. The number of hydrogen-bond donors (Lipinski definition) is 1. The Kier molecular flexibility index (Phi) is 9.69. The first-order valence-corrected chi connectivity index (χ1v) is 11.2. The van der Waals surface area contributed by atoms with Gasteiger partial charge in [-0.15, -0.1) is 0 Å². The number of nitrogens with zero attached hydrogens (tertiary/aromatic N) is 1. The van der Waals surface area contributed by atoms with E-state index in [0.29, 0.717) is 26.1 Å². The molecule has 5 nitrogen and oxygen atoms in total. The van der Waals surface area contributed by atoms with Crippen LogP contribution in [0.25, 0.3) is 0 Å². The minimum absolute atomic E-state index is 0.105. The molecule has 0 aliphatic carbocycles. The minimum atomic E-state index is -0.470. The summed E-state index contributed by atoms with van der Waals surface area (Å²) < 4.78 is 21.1. The van der Waals surface area contributed by atoms with Crippen molar-refractivity contribution < 1.29 is 18.8 Å². The Morgan fingerprint density at radius 3 is 2.33 bits per heavy atom. The van der Waals surface area contributed by atoms with Crippen molar-refractivity contribution in [3.05, 3.63) is 65.7 Å². The minimum Gasteiger partial charge on any atom is -0.489 e. The van der Waals surface area contributed by atoms with E-state index in [2.05, 4.69) is 11.8 Å². The molecule has 6 heteroatoms. The second kappa shape index (κ2) is 12.0. The van der Waals surface area contributed by atoms with E-state index in [1.807, 2.05) is 75.4 Å². The molecule has 1 N–H and O–H groups in total. The zero-order valence-corrected chi connectivity index (χ0v) is 19.2. The average Bonchev–Trinajstić information content (AvgIpc) is 2.72. The number of likely N-dealkylation sites (N-methyl/N-ethyl adjacent to an activating group) is 1. The SMILES string of the molecule is CCN(CCC(=O)OC(C)(C)C)CC(SO)c1ccc(OCc2ccccc2)cc1. The van der Waals surface area contributed by atoms with Gasteiger partial charge in [0.2, 0.25) is 0 Å². The highest BCUT2D eigenvalue weighted by molar-refractivity contribution is 7.94. The van der Waals surface area contributed by atoms with Crippen LogP contribution in [0.1, 0.15) is 50.5 Å². The van der Waals surface area contributed by atoms with Crippen molar-refractivity contribution in [2.24, 2.45) is 0 Å². The predicted octanol–water partition coefficient (Wildman–Crippen LogP) is 5.57. The summed E-state index contributed by atoms with van der Waals surface area (Å²) in [4.78, 5) is 14.1. The summed E-state index contributed by atoms with van der Waals surface area (Å²) in [6, 6.07) is 17.9. The fourth-order valence-electron chi connectivity index (χ4n) is 2.97. The maximum atomic E-state index is 12.0. The maximum Gasteiger partial charge on any atom is 0.307 e. The molecule has 2 rings (SSSR count). The zero-order valence-electron chi connectivity index (χ0n) is 18.3. The van der Waals surface area contributed by atoms with Crippen LogP contribution in [0.4, 0.5) is 0 Å². The molecule has 0 fully saturated rings. The Morgan fingerprint density at radius 1 is 1.10 bits per heavy atom. The van der Waals surface area contributed by atoms with E-state index in [1.165, 1.54) is 0 Å². The van der Waals surface area contributed by atoms with Gasteiger partial charge in [-0.05, 0) is 62.6 Å². The standard InChI is InChI=1S/C24H33NO4S/c1-5-25(16-15-23(26)29-24(2,3)4)17-22(30-27)20-11-13-21(14-12-20)28-18-19-9-7-6-8-10-19/h6-14,22,27H,5,15-18H2,1-4H3. The van der Waals surface area contributed by atoms with Gasteiger partial charge in [0, 0.05) is 13.1 Å². The van der Waals surface area contributed by atoms with Crippen LogP contribution < -0.4 is 4.74 Å². The van der Waals surface area contributed by atoms with Crippen LogP contribution in [-0.4, -0.2) is 40.7 Å². The molecule has 0 amide bonds. The van der Waals surface area contributed by atoms with Gasteiger partial charge in [0.25, 0.3) is 0 Å². The highest BCUT2D eigenvalue weighted by atomic mass is 32.2. The lowest BCUT2D eigenvalue weighted by atomic mass is 10.1. The number of rotatable bonds is 11. The molecule has 30 heavy (non-hydrogen) atoms. The molecule has 0 saturated carbocycles. The second-order valence-corrected chi connectivity index (χ2v) is 8.95. The Bertz CT molecular complexity index is 759. The lowest BCUT2D eigenvalue weighted by molar-refractivity contribution is -0.155. The van der Waals surface area contributed by atoms with Gasteiger partial charge in [0.15, 0.2) is 0 Å². The molecule has 1 atom stereocenters. The van der Waals surface area contributed by atoms with Gasteiger partial charge < -0.3 is 18.9 Å². The van der Waals surface area contributed by atoms with E-state index >= 15 is 0 Å². The number of hydrogen-bond acceptors (Lipinski definition) is 6. The summed E-state index contributed by atoms with van der Waals surface area (Å²) in [5, 5.41) is -0.105. The molecule has 0 saturated heterocycles. The van der Waals surface area contributed by atoms with E-state index in [0.717, 1.165) is 35.5 Å². The Morgan fingerprint density at radius 2 is 1.77 bits per heavy atom. The quantitative estimate of drug-likeness (QED) is 0.371. The molecule has 1 unspecified atom stereocenters. The molecule has 0 spiro atoms. The number of benzene rings is 2. The van der Waals surface area contributed by atoms with E-state index < -0.39 is 5.60 Å². The monoisotopic (exact) mass is 431 g/mol. The first-order chi connectivity index (χ1) is 14.3. The van der Waals surface area contributed by atoms with Crippen LogP contribution in [-0.2, 0) is 16.1 Å². The van der Waals surface area contributed by atoms with Crippen molar-refractivity contribution in [3.8, 4) is 5.75 Å². The highest BCUT2D eigenvalue weighted by Crippen LogP contribution is 2.29. The van der Waals surface area contributed by atoms with Crippen molar-refractivity contribution in [2.75, 3.05) is 19.6 Å². The maximum absolute atomic E-state index is 12.0. The molecular weight excluding hydrogens is 398 g/mol. The van der Waals surface area contributed by atoms with Gasteiger partial charge in [-0.3, -0.25) is 4.79 Å². The third kappa shape index (κ3) is 8.78. The molecule has 0 aliphatic rings. The van der Waals surface area contributed by atoms with Crippen LogP contribution in [0.3, 0.4) is 0 Å². The van der Waals surface area contributed by atoms with Crippen molar-refractivity contribution in [1.29, 1.82) is 0 Å². The van der Waals surface area contributed by atoms with Gasteiger partial charge in [-0.25, -0.2) is 0 Å². The highest BCUT2D eigenvalue weighted by Gasteiger charge is 2.19. The van der Waals surface area contributed by atoms with E-state index in [9.17, 15) is 9.35 Å². The third-order valence-corrected chi connectivity index (χ3v) is 5.23. The molecule has 0 heterocycles. The fraction of sp³-hybridized carbons (Fsp3) is 0.458. The smallest absolute Gasteiger partial charge is 0.307 e. The molecule has 0 aromatic heterocycles. The molecule has 0 aliphatic heterocycles. The van der Waals surface area contributed by atoms with Crippen LogP contribution in [0.15, 0.2) is 54.6 Å². The topological polar surface area (TPSA) is 59.0 Å². The molecule has 164 valence electrons. The first kappa shape index (κ1) is 24.3. The first-order valence-electron chi connectivity index (χ1n) is 10.3. The molecule has 2 aromatic carbocycles. The third-order valence-electron chi connectivity index (χ3n) is 4.55. The van der Waals surface area contributed by atoms with Crippen molar-refractivity contribution >= 4 is 18.0 Å². The van der Waals surface area contributed by atoms with Crippen LogP contribution in [0.2, 0.25) is 0 Å². The summed E-state index contributed by atoms with van der Waals surface area (Å²) in [5.74, 6) is 0.593. The largest absolute Gasteiger partial charge is 0.489 e. The van der Waals surface area contributed by atoms with Crippen molar-refractivity contribution in [1.82, 2.24) is 4.90 Å². The molecule has 2 aromatic rings. The number of ether oxygens (including phenoxy) is 2. The second-order valence-electron chi connectivity index (χ2n) is 8.17. The Labute approximate surface area is 184 Å². The van der Waals surface area contributed by atoms with Crippen molar-refractivity contribution in [3.63, 3.8) is 0 Å². The van der Waals surface area contributed by atoms with Gasteiger partial charge >= 0.3 is 5.97 Å². The summed E-state index contributed by atoms with van der Waals surface area (Å²) in [5.41, 5.74) is 1.67. The predicted molar refractivity (Wildman–Crippen MR) is 123 cm³/mol. The fourth-order valence-corrected chi connectivity index (χ4v) is 3.53. The zero-order chi connectivity index (χ0) is 22.0. The van der Waals surface area contributed by atoms with Crippen LogP contribution in [0, 0.1) is 0 Å². The van der Waals surface area contributed by atoms with Gasteiger partial charge in [0.1, 0.15) is 18.0 Å². The number of carbonyl (C=O) groups is 1. The van der Waals surface area contributed by atoms with E-state index in [-0.39, 0.29) is 11.2 Å². The summed E-state index contributed by atoms with van der Waals surface area (Å²) in [6.07, 6.45) is 0.334. The number of carbonyl (C=O) groups excluding carboxylic acids is 1. The summed E-state index contributed by atoms with van der Waals surface area (Å²) >= 11 is 0.828. The molecule has 0 radical (unpaired) electrons. The Hall–Kier alpha value is -2.02.